The number of hydrogen-bond acceptors (Lipinski definition) is 4. The number of pyridine rings is 1. The van der Waals surface area contributed by atoms with Gasteiger partial charge in [0.15, 0.2) is 0 Å². The average Bonchev–Trinajstić information content (AvgIpc) is 3.06. The van der Waals surface area contributed by atoms with Crippen LogP contribution >= 0.6 is 0 Å². The fourth-order valence-electron chi connectivity index (χ4n) is 4.06. The summed E-state index contributed by atoms with van der Waals surface area (Å²) in [6, 6.07) is 20.9. The molecule has 1 unspecified atom stereocenters. The van der Waals surface area contributed by atoms with E-state index < -0.39 is 17.8 Å². The summed E-state index contributed by atoms with van der Waals surface area (Å²) in [5.74, 6) is 0.392. The topological polar surface area (TPSA) is 48.5 Å². The van der Waals surface area contributed by atoms with Crippen molar-refractivity contribution in [1.82, 2.24) is 9.88 Å². The quantitative estimate of drug-likeness (QED) is 0.590. The Kier molecular flexibility index (Phi) is 6.93. The van der Waals surface area contributed by atoms with Gasteiger partial charge in [-0.1, -0.05) is 48.5 Å². The number of halogens is 3. The maximum Gasteiger partial charge on any atom is 0.417 e. The number of benzene rings is 2. The molecule has 1 saturated heterocycles. The van der Waals surface area contributed by atoms with E-state index >= 15 is 0 Å². The number of carbonyl (C=O) groups excluding carboxylic acids is 1. The highest BCUT2D eigenvalue weighted by molar-refractivity contribution is 5.95. The van der Waals surface area contributed by atoms with Crippen LogP contribution < -0.4 is 10.2 Å². The van der Waals surface area contributed by atoms with Crippen LogP contribution in [-0.4, -0.2) is 42.0 Å². The van der Waals surface area contributed by atoms with Crippen molar-refractivity contribution in [3.05, 3.63) is 90.1 Å². The van der Waals surface area contributed by atoms with E-state index in [0.29, 0.717) is 32.0 Å². The molecule has 4 rings (SSSR count). The molecule has 1 aromatic heterocycles. The minimum absolute atomic E-state index is 0.117. The number of alkyl halides is 3. The lowest BCUT2D eigenvalue weighted by Crippen LogP contribution is -2.39. The van der Waals surface area contributed by atoms with E-state index in [1.54, 1.807) is 0 Å². The molecule has 1 aliphatic heterocycles. The Hall–Kier alpha value is -3.39. The van der Waals surface area contributed by atoms with Gasteiger partial charge in [-0.25, -0.2) is 4.98 Å². The summed E-state index contributed by atoms with van der Waals surface area (Å²) in [7, 11) is 0. The molecule has 0 radical (unpaired) electrons. The van der Waals surface area contributed by atoms with Gasteiger partial charge in [0.1, 0.15) is 11.9 Å². The number of nitrogens with one attached hydrogen (secondary N) is 1. The first-order valence-corrected chi connectivity index (χ1v) is 10.8. The van der Waals surface area contributed by atoms with E-state index in [9.17, 15) is 18.0 Å². The summed E-state index contributed by atoms with van der Waals surface area (Å²) in [5, 5.41) is 3.01. The van der Waals surface area contributed by atoms with Crippen molar-refractivity contribution in [2.75, 3.05) is 36.4 Å². The Bertz CT molecular complexity index is 1040. The normalized spacial score (nSPS) is 16.2. The van der Waals surface area contributed by atoms with E-state index in [-0.39, 0.29) is 5.91 Å². The van der Waals surface area contributed by atoms with Gasteiger partial charge in [0.25, 0.3) is 0 Å². The molecular weight excluding hydrogens is 429 g/mol. The molecule has 172 valence electrons. The zero-order valence-corrected chi connectivity index (χ0v) is 18.0. The number of para-hydroxylation sites is 1. The summed E-state index contributed by atoms with van der Waals surface area (Å²) in [6.07, 6.45) is -2.78. The second-order valence-corrected chi connectivity index (χ2v) is 7.95. The molecular formula is C25H25F3N4O. The number of anilines is 2. The summed E-state index contributed by atoms with van der Waals surface area (Å²) in [6.45, 7) is 2.46. The maximum absolute atomic E-state index is 13.3. The zero-order valence-electron chi connectivity index (χ0n) is 18.0. The van der Waals surface area contributed by atoms with Crippen LogP contribution in [0.1, 0.15) is 23.6 Å². The lowest BCUT2D eigenvalue weighted by Gasteiger charge is -2.30. The monoisotopic (exact) mass is 454 g/mol. The highest BCUT2D eigenvalue weighted by Gasteiger charge is 2.32. The van der Waals surface area contributed by atoms with Gasteiger partial charge in [-0.3, -0.25) is 9.69 Å². The van der Waals surface area contributed by atoms with Crippen molar-refractivity contribution < 1.29 is 18.0 Å². The number of carbonyl (C=O) groups is 1. The summed E-state index contributed by atoms with van der Waals surface area (Å²) in [4.78, 5) is 21.5. The van der Waals surface area contributed by atoms with Gasteiger partial charge >= 0.3 is 6.18 Å². The van der Waals surface area contributed by atoms with Crippen molar-refractivity contribution >= 4 is 17.4 Å². The van der Waals surface area contributed by atoms with Crippen molar-refractivity contribution in [2.24, 2.45) is 0 Å². The van der Waals surface area contributed by atoms with Gasteiger partial charge in [-0.15, -0.1) is 0 Å². The number of nitrogens with zero attached hydrogens (tertiary/aromatic N) is 3. The molecule has 33 heavy (non-hydrogen) atoms. The van der Waals surface area contributed by atoms with Crippen molar-refractivity contribution in [3.63, 3.8) is 0 Å². The third-order valence-electron chi connectivity index (χ3n) is 5.70. The predicted octanol–water partition coefficient (Wildman–Crippen LogP) is 4.99. The van der Waals surface area contributed by atoms with Crippen molar-refractivity contribution in [2.45, 2.75) is 18.6 Å². The highest BCUT2D eigenvalue weighted by atomic mass is 19.4. The van der Waals surface area contributed by atoms with Crippen LogP contribution in [0.5, 0.6) is 0 Å². The first kappa shape index (κ1) is 22.8. The average molecular weight is 454 g/mol. The number of hydrogen-bond donors (Lipinski definition) is 1. The molecule has 1 N–H and O–H groups in total. The fraction of sp³-hybridized carbons (Fsp3) is 0.280. The van der Waals surface area contributed by atoms with Crippen LogP contribution in [0, 0.1) is 0 Å². The van der Waals surface area contributed by atoms with Gasteiger partial charge in [-0.05, 0) is 36.2 Å². The van der Waals surface area contributed by atoms with Gasteiger partial charge < -0.3 is 10.2 Å². The Morgan fingerprint density at radius 2 is 1.58 bits per heavy atom. The third-order valence-corrected chi connectivity index (χ3v) is 5.70. The molecule has 0 bridgehead atoms. The van der Waals surface area contributed by atoms with E-state index in [2.05, 4.69) is 15.2 Å². The summed E-state index contributed by atoms with van der Waals surface area (Å²) in [5.41, 5.74) is 0.866. The Morgan fingerprint density at radius 1 is 0.879 bits per heavy atom. The third kappa shape index (κ3) is 5.70. The lowest BCUT2D eigenvalue weighted by molar-refractivity contribution is -0.137. The molecule has 8 heteroatoms. The van der Waals surface area contributed by atoms with Crippen molar-refractivity contribution in [1.29, 1.82) is 0 Å². The minimum atomic E-state index is -4.41. The Balaban J connectivity index is 1.51. The van der Waals surface area contributed by atoms with E-state index in [1.807, 2.05) is 65.6 Å². The van der Waals surface area contributed by atoms with Gasteiger partial charge in [0, 0.05) is 38.1 Å². The molecule has 3 aromatic rings. The van der Waals surface area contributed by atoms with Crippen LogP contribution in [0.4, 0.5) is 24.7 Å². The van der Waals surface area contributed by atoms with Crippen LogP contribution in [0.2, 0.25) is 0 Å². The number of amides is 1. The molecule has 2 aromatic carbocycles. The first-order valence-electron chi connectivity index (χ1n) is 10.8. The number of rotatable bonds is 5. The molecule has 1 atom stereocenters. The Labute approximate surface area is 190 Å². The van der Waals surface area contributed by atoms with Gasteiger partial charge in [-0.2, -0.15) is 13.2 Å². The standard InChI is InChI=1S/C25H25F3N4O/c26-25(27,28)20-12-13-22(29-18-20)31-14-7-15-32(17-16-31)23(19-8-3-1-4-9-19)24(33)30-21-10-5-2-6-11-21/h1-6,8-13,18,23H,7,14-17H2,(H,30,33). The summed E-state index contributed by atoms with van der Waals surface area (Å²) >= 11 is 0. The molecule has 1 aliphatic rings. The van der Waals surface area contributed by atoms with Gasteiger partial charge in [0.2, 0.25) is 5.91 Å². The first-order chi connectivity index (χ1) is 15.9. The molecule has 0 aliphatic carbocycles. The number of aromatic nitrogens is 1. The second-order valence-electron chi connectivity index (χ2n) is 7.95. The fourth-order valence-corrected chi connectivity index (χ4v) is 4.06. The van der Waals surface area contributed by atoms with Crippen LogP contribution in [0.25, 0.3) is 0 Å². The summed E-state index contributed by atoms with van der Waals surface area (Å²) < 4.78 is 38.6. The molecule has 1 amide bonds. The van der Waals surface area contributed by atoms with E-state index in [4.69, 9.17) is 0 Å². The molecule has 2 heterocycles. The highest BCUT2D eigenvalue weighted by Crippen LogP contribution is 2.30. The Morgan fingerprint density at radius 3 is 2.21 bits per heavy atom. The lowest BCUT2D eigenvalue weighted by atomic mass is 10.0. The minimum Gasteiger partial charge on any atom is -0.355 e. The van der Waals surface area contributed by atoms with E-state index in [1.165, 1.54) is 6.07 Å². The molecule has 0 spiro atoms. The predicted molar refractivity (Wildman–Crippen MR) is 122 cm³/mol. The van der Waals surface area contributed by atoms with Crippen LogP contribution in [0.3, 0.4) is 0 Å². The van der Waals surface area contributed by atoms with E-state index in [0.717, 1.165) is 29.9 Å². The molecule has 0 saturated carbocycles. The van der Waals surface area contributed by atoms with Crippen LogP contribution in [0.15, 0.2) is 79.0 Å². The maximum atomic E-state index is 13.3. The largest absolute Gasteiger partial charge is 0.417 e. The van der Waals surface area contributed by atoms with Crippen molar-refractivity contribution in [3.8, 4) is 0 Å². The molecule has 5 nitrogen and oxygen atoms in total. The zero-order chi connectivity index (χ0) is 23.3. The van der Waals surface area contributed by atoms with Gasteiger partial charge in [0.05, 0.1) is 5.56 Å². The smallest absolute Gasteiger partial charge is 0.355 e. The second kappa shape index (κ2) is 10.0. The van der Waals surface area contributed by atoms with Crippen LogP contribution in [-0.2, 0) is 11.0 Å². The molecule has 1 fully saturated rings. The SMILES string of the molecule is O=C(Nc1ccccc1)C(c1ccccc1)N1CCCN(c2ccc(C(F)(F)F)cn2)CC1.